The van der Waals surface area contributed by atoms with E-state index in [9.17, 15) is 8.42 Å². The Morgan fingerprint density at radius 3 is 2.69 bits per heavy atom. The van der Waals surface area contributed by atoms with Gasteiger partial charge in [0.1, 0.15) is 0 Å². The number of hydrogen-bond donors (Lipinski definition) is 1. The van der Waals surface area contributed by atoms with Crippen molar-refractivity contribution in [3.63, 3.8) is 0 Å². The van der Waals surface area contributed by atoms with Crippen LogP contribution in [-0.4, -0.2) is 19.2 Å². The van der Waals surface area contributed by atoms with Gasteiger partial charge in [-0.25, -0.2) is 8.42 Å². The van der Waals surface area contributed by atoms with E-state index in [0.717, 1.165) is 25.7 Å². The summed E-state index contributed by atoms with van der Waals surface area (Å²) in [6.45, 7) is 2.11. The minimum absolute atomic E-state index is 0.0895. The van der Waals surface area contributed by atoms with Crippen LogP contribution in [0.25, 0.3) is 0 Å². The number of H-pyrrole nitrogens is 1. The van der Waals surface area contributed by atoms with Crippen LogP contribution in [0.3, 0.4) is 0 Å². The van der Waals surface area contributed by atoms with Gasteiger partial charge < -0.3 is 4.98 Å². The molecule has 3 nitrogen and oxygen atoms in total. The summed E-state index contributed by atoms with van der Waals surface area (Å²) >= 11 is 6.28. The van der Waals surface area contributed by atoms with Crippen LogP contribution < -0.4 is 0 Å². The van der Waals surface area contributed by atoms with Crippen molar-refractivity contribution in [1.29, 1.82) is 0 Å². The van der Waals surface area contributed by atoms with Crippen LogP contribution in [0.1, 0.15) is 38.3 Å². The lowest BCUT2D eigenvalue weighted by molar-refractivity contribution is 0.587. The molecule has 0 fully saturated rings. The van der Waals surface area contributed by atoms with E-state index in [2.05, 4.69) is 11.9 Å². The summed E-state index contributed by atoms with van der Waals surface area (Å²) in [5.74, 6) is 0.371. The molecule has 0 aliphatic heterocycles. The third kappa shape index (κ3) is 5.23. The fraction of sp³-hybridized carbons (Fsp3) is 0.700. The molecule has 0 bridgehead atoms. The first-order valence-corrected chi connectivity index (χ1v) is 8.51. The van der Waals surface area contributed by atoms with Crippen molar-refractivity contribution in [3.8, 4) is 0 Å². The van der Waals surface area contributed by atoms with Crippen LogP contribution in [-0.2, 0) is 15.6 Å². The first-order valence-electron chi connectivity index (χ1n) is 5.40. The number of aromatic nitrogens is 1. The van der Waals surface area contributed by atoms with Gasteiger partial charge in [-0.1, -0.05) is 26.2 Å². The first kappa shape index (κ1) is 13.9. The zero-order valence-corrected chi connectivity index (χ0v) is 11.8. The fourth-order valence-electron chi connectivity index (χ4n) is 1.44. The van der Waals surface area contributed by atoms with E-state index >= 15 is 0 Å². The monoisotopic (exact) mass is 279 g/mol. The van der Waals surface area contributed by atoms with Gasteiger partial charge in [-0.05, 0) is 18.6 Å². The molecule has 0 amide bonds. The van der Waals surface area contributed by atoms with Gasteiger partial charge in [-0.3, -0.25) is 0 Å². The normalized spacial score (nSPS) is 11.8. The highest BCUT2D eigenvalue weighted by Gasteiger charge is 2.12. The Labute approximate surface area is 106 Å². The molecule has 0 saturated carbocycles. The minimum Gasteiger partial charge on any atom is -0.340 e. The van der Waals surface area contributed by atoms with Gasteiger partial charge in [0.25, 0.3) is 0 Å². The maximum Gasteiger partial charge on any atom is 0.158 e. The second kappa shape index (κ2) is 6.51. The standard InChI is InChI=1S/C10H17NO2S3/c1-2-3-4-5-6-16(12,13)8-9-7-15-10(14)11-9/h7H,2-6,8H2,1H3,(H,11,14). The number of thiazole rings is 1. The Hall–Kier alpha value is -0.200. The molecule has 0 saturated heterocycles. The predicted molar refractivity (Wildman–Crippen MR) is 71.1 cm³/mol. The minimum atomic E-state index is -2.97. The Morgan fingerprint density at radius 1 is 1.38 bits per heavy atom. The summed E-state index contributed by atoms with van der Waals surface area (Å²) in [4.78, 5) is 2.89. The van der Waals surface area contributed by atoms with Crippen molar-refractivity contribution in [1.82, 2.24) is 4.98 Å². The summed E-state index contributed by atoms with van der Waals surface area (Å²) < 4.78 is 24.1. The lowest BCUT2D eigenvalue weighted by atomic mass is 10.2. The van der Waals surface area contributed by atoms with Crippen LogP contribution in [0.15, 0.2) is 5.38 Å². The second-order valence-electron chi connectivity index (χ2n) is 3.83. The molecule has 0 aliphatic carbocycles. The van der Waals surface area contributed by atoms with Crippen LogP contribution in [0.5, 0.6) is 0 Å². The molecule has 1 aromatic heterocycles. The van der Waals surface area contributed by atoms with Crippen molar-refractivity contribution >= 4 is 33.4 Å². The summed E-state index contributed by atoms with van der Waals surface area (Å²) in [6, 6.07) is 0. The number of aromatic amines is 1. The van der Waals surface area contributed by atoms with E-state index in [1.54, 1.807) is 5.38 Å². The molecule has 0 aromatic carbocycles. The van der Waals surface area contributed by atoms with E-state index in [1.807, 2.05) is 0 Å². The molecule has 0 spiro atoms. The van der Waals surface area contributed by atoms with Gasteiger partial charge in [0.2, 0.25) is 0 Å². The molecule has 6 heteroatoms. The molecule has 0 radical (unpaired) electrons. The molecule has 16 heavy (non-hydrogen) atoms. The summed E-state index contributed by atoms with van der Waals surface area (Å²) in [6.07, 6.45) is 3.99. The van der Waals surface area contributed by atoms with Gasteiger partial charge in [0.15, 0.2) is 13.8 Å². The van der Waals surface area contributed by atoms with Gasteiger partial charge in [0.05, 0.1) is 11.5 Å². The highest BCUT2D eigenvalue weighted by atomic mass is 32.2. The Morgan fingerprint density at radius 2 is 2.12 bits per heavy atom. The average Bonchev–Trinajstić information content (AvgIpc) is 2.58. The molecular weight excluding hydrogens is 262 g/mol. The second-order valence-corrected chi connectivity index (χ2v) is 7.56. The average molecular weight is 279 g/mol. The smallest absolute Gasteiger partial charge is 0.158 e. The van der Waals surface area contributed by atoms with Crippen LogP contribution in [0.2, 0.25) is 0 Å². The lowest BCUT2D eigenvalue weighted by Gasteiger charge is -2.02. The predicted octanol–water partition coefficient (Wildman–Crippen LogP) is 3.30. The highest BCUT2D eigenvalue weighted by molar-refractivity contribution is 7.90. The third-order valence-electron chi connectivity index (χ3n) is 2.26. The third-order valence-corrected chi connectivity index (χ3v) is 5.03. The van der Waals surface area contributed by atoms with Gasteiger partial charge in [-0.15, -0.1) is 11.3 Å². The van der Waals surface area contributed by atoms with Crippen LogP contribution >= 0.6 is 23.6 Å². The van der Waals surface area contributed by atoms with E-state index in [0.29, 0.717) is 9.65 Å². The maximum atomic E-state index is 11.7. The number of rotatable bonds is 7. The molecule has 1 N–H and O–H groups in total. The van der Waals surface area contributed by atoms with Crippen LogP contribution in [0.4, 0.5) is 0 Å². The van der Waals surface area contributed by atoms with E-state index in [4.69, 9.17) is 12.2 Å². The SMILES string of the molecule is CCCCCCS(=O)(=O)Cc1csc(=S)[nH]1. The zero-order chi connectivity index (χ0) is 12.0. The van der Waals surface area contributed by atoms with Crippen molar-refractivity contribution < 1.29 is 8.42 Å². The summed E-state index contributed by atoms with van der Waals surface area (Å²) in [5.41, 5.74) is 0.713. The molecule has 1 rings (SSSR count). The van der Waals surface area contributed by atoms with Gasteiger partial charge in [-0.2, -0.15) is 0 Å². The van der Waals surface area contributed by atoms with E-state index in [1.165, 1.54) is 11.3 Å². The molecule has 1 heterocycles. The number of nitrogens with one attached hydrogen (secondary N) is 1. The topological polar surface area (TPSA) is 49.9 Å². The van der Waals surface area contributed by atoms with E-state index in [-0.39, 0.29) is 11.5 Å². The lowest BCUT2D eigenvalue weighted by Crippen LogP contribution is -2.09. The van der Waals surface area contributed by atoms with Crippen molar-refractivity contribution in [2.24, 2.45) is 0 Å². The van der Waals surface area contributed by atoms with Gasteiger partial charge >= 0.3 is 0 Å². The van der Waals surface area contributed by atoms with Crippen molar-refractivity contribution in [2.75, 3.05) is 5.75 Å². The van der Waals surface area contributed by atoms with Gasteiger partial charge in [0, 0.05) is 11.1 Å². The van der Waals surface area contributed by atoms with Crippen molar-refractivity contribution in [3.05, 3.63) is 15.0 Å². The number of unbranched alkanes of at least 4 members (excludes halogenated alkanes) is 3. The number of sulfone groups is 1. The Balaban J connectivity index is 2.43. The summed E-state index contributed by atoms with van der Waals surface area (Å²) in [7, 11) is -2.97. The highest BCUT2D eigenvalue weighted by Crippen LogP contribution is 2.11. The molecule has 0 atom stereocenters. The fourth-order valence-corrected chi connectivity index (χ4v) is 3.82. The zero-order valence-electron chi connectivity index (χ0n) is 9.36. The summed E-state index contributed by atoms with van der Waals surface area (Å²) in [5, 5.41) is 1.78. The maximum absolute atomic E-state index is 11.7. The van der Waals surface area contributed by atoms with Crippen molar-refractivity contribution in [2.45, 2.75) is 38.4 Å². The molecule has 92 valence electrons. The quantitative estimate of drug-likeness (QED) is 0.615. The first-order chi connectivity index (χ1) is 7.53. The van der Waals surface area contributed by atoms with Crippen LogP contribution in [0, 0.1) is 3.95 Å². The Kier molecular flexibility index (Phi) is 5.64. The molecule has 0 unspecified atom stereocenters. The Bertz CT molecular complexity index is 458. The molecule has 0 aliphatic rings. The largest absolute Gasteiger partial charge is 0.340 e. The molecule has 1 aromatic rings. The number of hydrogen-bond acceptors (Lipinski definition) is 4. The molecular formula is C10H17NO2S3. The van der Waals surface area contributed by atoms with E-state index < -0.39 is 9.84 Å².